The number of anilines is 1. The molecule has 0 spiro atoms. The highest BCUT2D eigenvalue weighted by molar-refractivity contribution is 5.90. The summed E-state index contributed by atoms with van der Waals surface area (Å²) in [6.07, 6.45) is 0.562. The lowest BCUT2D eigenvalue weighted by molar-refractivity contribution is -0.119. The summed E-state index contributed by atoms with van der Waals surface area (Å²) >= 11 is 0. The number of cyclic esters (lactones) is 1. The second-order valence-corrected chi connectivity index (χ2v) is 6.50. The van der Waals surface area contributed by atoms with Crippen LogP contribution in [0.3, 0.4) is 0 Å². The largest absolute Gasteiger partial charge is 0.453 e. The molecule has 0 aromatic heterocycles. The SMILES string of the molecule is COC(=O)N1CCCc2cc(N3C[C@H](CNC(C)=O)OC3=O)ccc2C1. The number of nitrogens with one attached hydrogen (secondary N) is 1. The van der Waals surface area contributed by atoms with Crippen LogP contribution in [0.5, 0.6) is 0 Å². The Labute approximate surface area is 152 Å². The van der Waals surface area contributed by atoms with E-state index in [1.807, 2.05) is 18.2 Å². The highest BCUT2D eigenvalue weighted by Crippen LogP contribution is 2.27. The number of amides is 3. The van der Waals surface area contributed by atoms with Crippen LogP contribution in [-0.2, 0) is 27.2 Å². The predicted octanol–water partition coefficient (Wildman–Crippen LogP) is 1.66. The number of nitrogens with zero attached hydrogens (tertiary/aromatic N) is 2. The van der Waals surface area contributed by atoms with Gasteiger partial charge in [-0.1, -0.05) is 6.07 Å². The number of fused-ring (bicyclic) bond motifs is 1. The summed E-state index contributed by atoms with van der Waals surface area (Å²) in [5.41, 5.74) is 2.94. The minimum absolute atomic E-state index is 0.153. The molecule has 2 aliphatic heterocycles. The van der Waals surface area contributed by atoms with Crippen molar-refractivity contribution >= 4 is 23.8 Å². The first-order chi connectivity index (χ1) is 12.5. The van der Waals surface area contributed by atoms with Crippen LogP contribution in [0, 0.1) is 0 Å². The molecule has 2 aliphatic rings. The molecular formula is C18H23N3O5. The monoisotopic (exact) mass is 361 g/mol. The van der Waals surface area contributed by atoms with Crippen LogP contribution in [0.4, 0.5) is 15.3 Å². The van der Waals surface area contributed by atoms with Gasteiger partial charge in [0.2, 0.25) is 5.91 Å². The number of aryl methyl sites for hydroxylation is 1. The molecule has 0 saturated carbocycles. The van der Waals surface area contributed by atoms with Gasteiger partial charge in [-0.3, -0.25) is 9.69 Å². The number of methoxy groups -OCH3 is 1. The van der Waals surface area contributed by atoms with Crippen LogP contribution < -0.4 is 10.2 Å². The molecule has 1 N–H and O–H groups in total. The molecule has 1 aromatic carbocycles. The fourth-order valence-electron chi connectivity index (χ4n) is 3.29. The molecule has 0 radical (unpaired) electrons. The van der Waals surface area contributed by atoms with Crippen LogP contribution in [0.1, 0.15) is 24.5 Å². The van der Waals surface area contributed by atoms with Crippen molar-refractivity contribution in [3.63, 3.8) is 0 Å². The van der Waals surface area contributed by atoms with Crippen molar-refractivity contribution in [1.29, 1.82) is 0 Å². The van der Waals surface area contributed by atoms with E-state index in [-0.39, 0.29) is 18.1 Å². The molecule has 1 saturated heterocycles. The second-order valence-electron chi connectivity index (χ2n) is 6.50. The molecule has 0 unspecified atom stereocenters. The Balaban J connectivity index is 1.73. The molecule has 3 rings (SSSR count). The summed E-state index contributed by atoms with van der Waals surface area (Å²) in [6.45, 7) is 3.26. The Morgan fingerprint density at radius 2 is 2.15 bits per heavy atom. The van der Waals surface area contributed by atoms with Gasteiger partial charge in [0.05, 0.1) is 20.2 Å². The number of carbonyl (C=O) groups is 3. The van der Waals surface area contributed by atoms with Crippen LogP contribution in [0.2, 0.25) is 0 Å². The number of rotatable bonds is 3. The van der Waals surface area contributed by atoms with Crippen LogP contribution in [0.15, 0.2) is 18.2 Å². The highest BCUT2D eigenvalue weighted by Gasteiger charge is 2.33. The normalized spacial score (nSPS) is 19.5. The number of carbonyl (C=O) groups excluding carboxylic acids is 3. The van der Waals surface area contributed by atoms with Gasteiger partial charge >= 0.3 is 12.2 Å². The maximum absolute atomic E-state index is 12.2. The fraction of sp³-hybridized carbons (Fsp3) is 0.500. The van der Waals surface area contributed by atoms with Gasteiger partial charge in [0.25, 0.3) is 0 Å². The van der Waals surface area contributed by atoms with E-state index in [0.29, 0.717) is 26.2 Å². The zero-order valence-electron chi connectivity index (χ0n) is 15.0. The highest BCUT2D eigenvalue weighted by atomic mass is 16.6. The van der Waals surface area contributed by atoms with Crippen molar-refractivity contribution in [2.45, 2.75) is 32.4 Å². The number of benzene rings is 1. The van der Waals surface area contributed by atoms with Crippen molar-refractivity contribution in [2.24, 2.45) is 0 Å². The van der Waals surface area contributed by atoms with Crippen LogP contribution in [0.25, 0.3) is 0 Å². The second kappa shape index (κ2) is 7.63. The lowest BCUT2D eigenvalue weighted by Gasteiger charge is -2.19. The third kappa shape index (κ3) is 3.89. The number of ether oxygens (including phenoxy) is 2. The van der Waals surface area contributed by atoms with Gasteiger partial charge in [0.15, 0.2) is 0 Å². The van der Waals surface area contributed by atoms with E-state index in [1.54, 1.807) is 9.80 Å². The molecule has 2 heterocycles. The van der Waals surface area contributed by atoms with E-state index in [4.69, 9.17) is 9.47 Å². The molecule has 1 fully saturated rings. The van der Waals surface area contributed by atoms with Gasteiger partial charge in [0, 0.05) is 25.7 Å². The van der Waals surface area contributed by atoms with Crippen LogP contribution in [-0.4, -0.2) is 55.8 Å². The maximum atomic E-state index is 12.2. The first kappa shape index (κ1) is 18.0. The van der Waals surface area contributed by atoms with Gasteiger partial charge in [-0.25, -0.2) is 9.59 Å². The number of hydrogen-bond acceptors (Lipinski definition) is 5. The fourth-order valence-corrected chi connectivity index (χ4v) is 3.29. The summed E-state index contributed by atoms with van der Waals surface area (Å²) in [5, 5.41) is 2.67. The Hall–Kier alpha value is -2.77. The average molecular weight is 361 g/mol. The van der Waals surface area contributed by atoms with Gasteiger partial charge in [-0.05, 0) is 36.1 Å². The van der Waals surface area contributed by atoms with E-state index in [1.165, 1.54) is 14.0 Å². The van der Waals surface area contributed by atoms with Crippen molar-refractivity contribution in [3.05, 3.63) is 29.3 Å². The van der Waals surface area contributed by atoms with E-state index in [2.05, 4.69) is 5.32 Å². The van der Waals surface area contributed by atoms with E-state index < -0.39 is 6.09 Å². The first-order valence-corrected chi connectivity index (χ1v) is 8.65. The molecule has 140 valence electrons. The van der Waals surface area contributed by atoms with Gasteiger partial charge in [0.1, 0.15) is 6.10 Å². The summed E-state index contributed by atoms with van der Waals surface area (Å²) in [6, 6.07) is 5.79. The summed E-state index contributed by atoms with van der Waals surface area (Å²) in [4.78, 5) is 38.2. The molecule has 3 amide bonds. The molecule has 0 bridgehead atoms. The Morgan fingerprint density at radius 1 is 1.35 bits per heavy atom. The summed E-state index contributed by atoms with van der Waals surface area (Å²) in [5.74, 6) is -0.153. The van der Waals surface area contributed by atoms with E-state index >= 15 is 0 Å². The molecular weight excluding hydrogens is 338 g/mol. The van der Waals surface area contributed by atoms with Crippen LogP contribution >= 0.6 is 0 Å². The maximum Gasteiger partial charge on any atom is 0.414 e. The summed E-state index contributed by atoms with van der Waals surface area (Å²) in [7, 11) is 1.38. The Kier molecular flexibility index (Phi) is 5.29. The number of hydrogen-bond donors (Lipinski definition) is 1. The Bertz CT molecular complexity index is 721. The summed E-state index contributed by atoms with van der Waals surface area (Å²) < 4.78 is 10.1. The molecule has 0 aliphatic carbocycles. The minimum Gasteiger partial charge on any atom is -0.453 e. The quantitative estimate of drug-likeness (QED) is 0.885. The molecule has 1 atom stereocenters. The lowest BCUT2D eigenvalue weighted by Crippen LogP contribution is -2.33. The predicted molar refractivity (Wildman–Crippen MR) is 93.9 cm³/mol. The van der Waals surface area contributed by atoms with E-state index in [0.717, 1.165) is 29.7 Å². The standard InChI is InChI=1S/C18H23N3O5/c1-12(22)19-9-16-11-21(18(24)26-16)15-6-5-14-10-20(17(23)25-2)7-3-4-13(14)8-15/h5-6,8,16H,3-4,7,9-11H2,1-2H3,(H,19,22)/t16-/m0/s1. The van der Waals surface area contributed by atoms with E-state index in [9.17, 15) is 14.4 Å². The van der Waals surface area contributed by atoms with Gasteiger partial charge < -0.3 is 19.7 Å². The molecule has 26 heavy (non-hydrogen) atoms. The van der Waals surface area contributed by atoms with Gasteiger partial charge in [-0.2, -0.15) is 0 Å². The van der Waals surface area contributed by atoms with Crippen molar-refractivity contribution < 1.29 is 23.9 Å². The van der Waals surface area contributed by atoms with Gasteiger partial charge in [-0.15, -0.1) is 0 Å². The zero-order valence-corrected chi connectivity index (χ0v) is 15.0. The van der Waals surface area contributed by atoms with Crippen molar-refractivity contribution in [2.75, 3.05) is 31.6 Å². The first-order valence-electron chi connectivity index (χ1n) is 8.65. The Morgan fingerprint density at radius 3 is 2.88 bits per heavy atom. The minimum atomic E-state index is -0.412. The average Bonchev–Trinajstić information content (AvgIpc) is 2.86. The lowest BCUT2D eigenvalue weighted by atomic mass is 10.0. The smallest absolute Gasteiger partial charge is 0.414 e. The van der Waals surface area contributed by atoms with Crippen molar-refractivity contribution in [1.82, 2.24) is 10.2 Å². The third-order valence-corrected chi connectivity index (χ3v) is 4.62. The zero-order chi connectivity index (χ0) is 18.7. The molecule has 8 nitrogen and oxygen atoms in total. The topological polar surface area (TPSA) is 88.2 Å². The third-order valence-electron chi connectivity index (χ3n) is 4.62. The molecule has 1 aromatic rings. The van der Waals surface area contributed by atoms with Crippen molar-refractivity contribution in [3.8, 4) is 0 Å². The molecule has 8 heteroatoms.